The highest BCUT2D eigenvalue weighted by Gasteiger charge is 2.25. The second kappa shape index (κ2) is 11.0. The maximum absolute atomic E-state index is 13.0. The Bertz CT molecular complexity index is 981. The molecule has 1 atom stereocenters. The SMILES string of the molecule is CCN(CC)C(=O)c1ccc(S(=O)(=O)NCC(c2ccc(C)cc2)N2CCOCC2)cc1. The van der Waals surface area contributed by atoms with Gasteiger partial charge < -0.3 is 9.64 Å². The molecule has 1 N–H and O–H groups in total. The van der Waals surface area contributed by atoms with Gasteiger partial charge in [0, 0.05) is 44.3 Å². The van der Waals surface area contributed by atoms with Crippen LogP contribution in [0.25, 0.3) is 0 Å². The molecule has 7 nitrogen and oxygen atoms in total. The number of carbonyl (C=O) groups excluding carboxylic acids is 1. The van der Waals surface area contributed by atoms with Crippen molar-refractivity contribution in [3.05, 3.63) is 65.2 Å². The van der Waals surface area contributed by atoms with Crippen molar-refractivity contribution < 1.29 is 17.9 Å². The molecule has 0 aliphatic carbocycles. The third-order valence-electron chi connectivity index (χ3n) is 5.88. The fourth-order valence-electron chi connectivity index (χ4n) is 3.88. The highest BCUT2D eigenvalue weighted by atomic mass is 32.2. The summed E-state index contributed by atoms with van der Waals surface area (Å²) in [7, 11) is -3.72. The number of hydrogen-bond acceptors (Lipinski definition) is 5. The van der Waals surface area contributed by atoms with E-state index in [9.17, 15) is 13.2 Å². The van der Waals surface area contributed by atoms with E-state index in [2.05, 4.69) is 21.8 Å². The minimum Gasteiger partial charge on any atom is -0.379 e. The second-order valence-corrected chi connectivity index (χ2v) is 9.70. The highest BCUT2D eigenvalue weighted by Crippen LogP contribution is 2.23. The van der Waals surface area contributed by atoms with E-state index in [-0.39, 0.29) is 23.4 Å². The van der Waals surface area contributed by atoms with Gasteiger partial charge in [-0.2, -0.15) is 0 Å². The minimum absolute atomic E-state index is 0.0854. The molecular weight excluding hydrogens is 426 g/mol. The first-order valence-electron chi connectivity index (χ1n) is 11.1. The molecular formula is C24H33N3O4S. The van der Waals surface area contributed by atoms with Gasteiger partial charge in [0.25, 0.3) is 5.91 Å². The molecule has 1 unspecified atom stereocenters. The topological polar surface area (TPSA) is 79.0 Å². The van der Waals surface area contributed by atoms with Crippen molar-refractivity contribution in [2.45, 2.75) is 31.7 Å². The molecule has 1 saturated heterocycles. The van der Waals surface area contributed by atoms with Gasteiger partial charge in [-0.1, -0.05) is 29.8 Å². The van der Waals surface area contributed by atoms with Crippen LogP contribution < -0.4 is 4.72 Å². The zero-order valence-electron chi connectivity index (χ0n) is 19.1. The molecule has 2 aromatic carbocycles. The number of sulfonamides is 1. The van der Waals surface area contributed by atoms with Gasteiger partial charge in [0.2, 0.25) is 10.0 Å². The lowest BCUT2D eigenvalue weighted by Crippen LogP contribution is -2.43. The quantitative estimate of drug-likeness (QED) is 0.624. The Balaban J connectivity index is 1.74. The van der Waals surface area contributed by atoms with Gasteiger partial charge in [-0.25, -0.2) is 13.1 Å². The molecule has 0 radical (unpaired) electrons. The van der Waals surface area contributed by atoms with Crippen molar-refractivity contribution in [3.8, 4) is 0 Å². The van der Waals surface area contributed by atoms with Gasteiger partial charge in [-0.05, 0) is 50.6 Å². The van der Waals surface area contributed by atoms with Gasteiger partial charge >= 0.3 is 0 Å². The van der Waals surface area contributed by atoms with Crippen LogP contribution in [0.3, 0.4) is 0 Å². The number of benzene rings is 2. The molecule has 3 rings (SSSR count). The number of amides is 1. The lowest BCUT2D eigenvalue weighted by Gasteiger charge is -2.35. The molecule has 1 fully saturated rings. The summed E-state index contributed by atoms with van der Waals surface area (Å²) in [6.07, 6.45) is 0. The second-order valence-electron chi connectivity index (χ2n) is 7.93. The standard InChI is InChI=1S/C24H33N3O4S/c1-4-26(5-2)24(28)21-10-12-22(13-11-21)32(29,30)25-18-23(27-14-16-31-17-15-27)20-8-6-19(3)7-9-20/h6-13,23,25H,4-5,14-18H2,1-3H3. The summed E-state index contributed by atoms with van der Waals surface area (Å²) in [5.41, 5.74) is 2.72. The molecule has 0 bridgehead atoms. The van der Waals surface area contributed by atoms with Gasteiger partial charge in [0.1, 0.15) is 0 Å². The maximum atomic E-state index is 13.0. The molecule has 2 aromatic rings. The fourth-order valence-corrected chi connectivity index (χ4v) is 4.92. The monoisotopic (exact) mass is 459 g/mol. The number of nitrogens with zero attached hydrogens (tertiary/aromatic N) is 2. The normalized spacial score (nSPS) is 16.0. The molecule has 0 spiro atoms. The first-order chi connectivity index (χ1) is 15.4. The zero-order chi connectivity index (χ0) is 23.1. The molecule has 0 aromatic heterocycles. The molecule has 0 saturated carbocycles. The molecule has 1 aliphatic heterocycles. The van der Waals surface area contributed by atoms with E-state index in [1.165, 1.54) is 12.1 Å². The first kappa shape index (κ1) is 24.4. The van der Waals surface area contributed by atoms with Crippen LogP contribution in [0.15, 0.2) is 53.4 Å². The largest absolute Gasteiger partial charge is 0.379 e. The van der Waals surface area contributed by atoms with Crippen LogP contribution in [0.1, 0.15) is 41.4 Å². The Morgan fingerprint density at radius 3 is 2.19 bits per heavy atom. The van der Waals surface area contributed by atoms with E-state index in [0.717, 1.165) is 24.2 Å². The third kappa shape index (κ3) is 5.95. The van der Waals surface area contributed by atoms with E-state index in [0.29, 0.717) is 31.9 Å². The van der Waals surface area contributed by atoms with Crippen LogP contribution in [0, 0.1) is 6.92 Å². The van der Waals surface area contributed by atoms with Crippen LogP contribution in [0.2, 0.25) is 0 Å². The first-order valence-corrected chi connectivity index (χ1v) is 12.6. The number of rotatable bonds is 9. The summed E-state index contributed by atoms with van der Waals surface area (Å²) in [5.74, 6) is -0.0985. The summed E-state index contributed by atoms with van der Waals surface area (Å²) < 4.78 is 34.2. The fraction of sp³-hybridized carbons (Fsp3) is 0.458. The van der Waals surface area contributed by atoms with Gasteiger partial charge in [0.15, 0.2) is 0 Å². The van der Waals surface area contributed by atoms with Crippen molar-refractivity contribution in [2.24, 2.45) is 0 Å². The lowest BCUT2D eigenvalue weighted by molar-refractivity contribution is 0.0172. The molecule has 1 heterocycles. The maximum Gasteiger partial charge on any atom is 0.253 e. The number of hydrogen-bond donors (Lipinski definition) is 1. The Kier molecular flexibility index (Phi) is 8.42. The van der Waals surface area contributed by atoms with E-state index >= 15 is 0 Å². The van der Waals surface area contributed by atoms with Gasteiger partial charge in [-0.15, -0.1) is 0 Å². The van der Waals surface area contributed by atoms with Crippen LogP contribution in [0.4, 0.5) is 0 Å². The smallest absolute Gasteiger partial charge is 0.253 e. The van der Waals surface area contributed by atoms with Crippen molar-refractivity contribution in [1.82, 2.24) is 14.5 Å². The Morgan fingerprint density at radius 2 is 1.62 bits per heavy atom. The van der Waals surface area contributed by atoms with Crippen LogP contribution in [-0.4, -0.2) is 70.1 Å². The Morgan fingerprint density at radius 1 is 1.03 bits per heavy atom. The average molecular weight is 460 g/mol. The Labute approximate surface area is 191 Å². The summed E-state index contributed by atoms with van der Waals surface area (Å²) >= 11 is 0. The molecule has 1 amide bonds. The summed E-state index contributed by atoms with van der Waals surface area (Å²) in [5, 5.41) is 0. The van der Waals surface area contributed by atoms with Crippen molar-refractivity contribution >= 4 is 15.9 Å². The third-order valence-corrected chi connectivity index (χ3v) is 7.32. The van der Waals surface area contributed by atoms with Crippen molar-refractivity contribution in [1.29, 1.82) is 0 Å². The molecule has 32 heavy (non-hydrogen) atoms. The summed E-state index contributed by atoms with van der Waals surface area (Å²) in [6.45, 7) is 10.1. The van der Waals surface area contributed by atoms with E-state index in [1.54, 1.807) is 17.0 Å². The number of morpholine rings is 1. The van der Waals surface area contributed by atoms with E-state index < -0.39 is 10.0 Å². The number of aryl methyl sites for hydroxylation is 1. The van der Waals surface area contributed by atoms with E-state index in [1.807, 2.05) is 32.9 Å². The van der Waals surface area contributed by atoms with E-state index in [4.69, 9.17) is 4.74 Å². The van der Waals surface area contributed by atoms with Gasteiger partial charge in [0.05, 0.1) is 18.1 Å². The predicted molar refractivity (Wildman–Crippen MR) is 125 cm³/mol. The molecule has 8 heteroatoms. The zero-order valence-corrected chi connectivity index (χ0v) is 19.9. The lowest BCUT2D eigenvalue weighted by atomic mass is 10.0. The van der Waals surface area contributed by atoms with Crippen LogP contribution >= 0.6 is 0 Å². The number of carbonyl (C=O) groups is 1. The van der Waals surface area contributed by atoms with Crippen molar-refractivity contribution in [2.75, 3.05) is 45.9 Å². The average Bonchev–Trinajstić information content (AvgIpc) is 2.82. The molecule has 1 aliphatic rings. The number of ether oxygens (including phenoxy) is 1. The number of nitrogens with one attached hydrogen (secondary N) is 1. The Hall–Kier alpha value is -2.26. The van der Waals surface area contributed by atoms with Crippen molar-refractivity contribution in [3.63, 3.8) is 0 Å². The summed E-state index contributed by atoms with van der Waals surface area (Å²) in [6, 6.07) is 14.3. The predicted octanol–water partition coefficient (Wildman–Crippen LogP) is 2.83. The minimum atomic E-state index is -3.72. The highest BCUT2D eigenvalue weighted by molar-refractivity contribution is 7.89. The molecule has 174 valence electrons. The van der Waals surface area contributed by atoms with Crippen LogP contribution in [0.5, 0.6) is 0 Å². The van der Waals surface area contributed by atoms with Gasteiger partial charge in [-0.3, -0.25) is 9.69 Å². The van der Waals surface area contributed by atoms with Crippen LogP contribution in [-0.2, 0) is 14.8 Å². The summed E-state index contributed by atoms with van der Waals surface area (Å²) in [4.78, 5) is 16.6.